The summed E-state index contributed by atoms with van der Waals surface area (Å²) >= 11 is 0. The molecule has 1 N–H and O–H groups in total. The van der Waals surface area contributed by atoms with Crippen molar-refractivity contribution in [3.05, 3.63) is 18.5 Å². The molecule has 138 valence electrons. The van der Waals surface area contributed by atoms with E-state index in [-0.39, 0.29) is 29.8 Å². The summed E-state index contributed by atoms with van der Waals surface area (Å²) in [5, 5.41) is 14.0. The molecule has 1 aromatic rings. The lowest BCUT2D eigenvalue weighted by Crippen LogP contribution is -2.55. The van der Waals surface area contributed by atoms with E-state index in [1.807, 2.05) is 22.1 Å². The van der Waals surface area contributed by atoms with Gasteiger partial charge in [0.2, 0.25) is 11.8 Å². The summed E-state index contributed by atoms with van der Waals surface area (Å²) < 4.78 is 1.78. The minimum absolute atomic E-state index is 0.0689. The number of aliphatic hydroxyl groups is 1. The number of carbonyl (C=O) groups is 2. The number of nitrogens with zero attached hydrogens (tertiary/aromatic N) is 4. The average molecular weight is 348 g/mol. The second kappa shape index (κ2) is 7.56. The van der Waals surface area contributed by atoms with Gasteiger partial charge in [0.25, 0.3) is 0 Å². The minimum Gasteiger partial charge on any atom is -0.396 e. The van der Waals surface area contributed by atoms with Crippen LogP contribution in [0.15, 0.2) is 18.5 Å². The Morgan fingerprint density at radius 3 is 2.44 bits per heavy atom. The fourth-order valence-electron chi connectivity index (χ4n) is 4.31. The topological polar surface area (TPSA) is 78.7 Å². The molecule has 2 aliphatic heterocycles. The van der Waals surface area contributed by atoms with Crippen LogP contribution in [-0.4, -0.2) is 69.3 Å². The number of amides is 2. The fourth-order valence-corrected chi connectivity index (χ4v) is 4.31. The molecule has 0 bridgehead atoms. The van der Waals surface area contributed by atoms with Gasteiger partial charge in [-0.05, 0) is 30.7 Å². The Labute approximate surface area is 148 Å². The number of hydrogen-bond acceptors (Lipinski definition) is 4. The molecule has 1 aromatic heterocycles. The van der Waals surface area contributed by atoms with Crippen LogP contribution in [0.4, 0.5) is 0 Å². The number of rotatable bonds is 4. The summed E-state index contributed by atoms with van der Waals surface area (Å²) in [6.07, 6.45) is 6.81. The summed E-state index contributed by atoms with van der Waals surface area (Å²) in [7, 11) is 0. The number of aryl methyl sites for hydroxylation is 1. The maximum Gasteiger partial charge on any atom is 0.224 e. The van der Waals surface area contributed by atoms with E-state index in [0.29, 0.717) is 19.5 Å². The van der Waals surface area contributed by atoms with Crippen LogP contribution in [0.3, 0.4) is 0 Å². The predicted molar refractivity (Wildman–Crippen MR) is 92.5 cm³/mol. The Balaban J connectivity index is 1.53. The third-order valence-corrected chi connectivity index (χ3v) is 6.08. The first-order valence-electron chi connectivity index (χ1n) is 9.16. The summed E-state index contributed by atoms with van der Waals surface area (Å²) in [5.41, 5.74) is 0.0689. The zero-order valence-corrected chi connectivity index (χ0v) is 14.9. The van der Waals surface area contributed by atoms with Crippen LogP contribution >= 0.6 is 0 Å². The van der Waals surface area contributed by atoms with E-state index >= 15 is 0 Å². The Hall–Kier alpha value is -1.89. The molecule has 3 rings (SSSR count). The van der Waals surface area contributed by atoms with Crippen LogP contribution in [0.1, 0.15) is 32.6 Å². The molecule has 2 aliphatic rings. The van der Waals surface area contributed by atoms with Gasteiger partial charge in [0.05, 0.1) is 0 Å². The van der Waals surface area contributed by atoms with E-state index in [2.05, 4.69) is 5.10 Å². The Bertz CT molecular complexity index is 593. The van der Waals surface area contributed by atoms with Crippen LogP contribution in [0.5, 0.6) is 0 Å². The lowest BCUT2D eigenvalue weighted by Gasteiger charge is -2.51. The number of likely N-dealkylation sites (tertiary alicyclic amines) is 2. The smallest absolute Gasteiger partial charge is 0.224 e. The van der Waals surface area contributed by atoms with E-state index in [1.54, 1.807) is 17.8 Å². The second-order valence-corrected chi connectivity index (χ2v) is 7.36. The maximum atomic E-state index is 12.4. The summed E-state index contributed by atoms with van der Waals surface area (Å²) in [6.45, 7) is 5.20. The molecule has 7 nitrogen and oxygen atoms in total. The van der Waals surface area contributed by atoms with Gasteiger partial charge in [-0.2, -0.15) is 5.10 Å². The second-order valence-electron chi connectivity index (χ2n) is 7.36. The summed E-state index contributed by atoms with van der Waals surface area (Å²) in [6, 6.07) is 1.86. The van der Waals surface area contributed by atoms with Gasteiger partial charge in [-0.15, -0.1) is 0 Å². The summed E-state index contributed by atoms with van der Waals surface area (Å²) in [5.74, 6) is 0.373. The summed E-state index contributed by atoms with van der Waals surface area (Å²) in [4.78, 5) is 27.9. The predicted octanol–water partition coefficient (Wildman–Crippen LogP) is 0.743. The first kappa shape index (κ1) is 17.9. The molecule has 2 fully saturated rings. The van der Waals surface area contributed by atoms with Crippen LogP contribution in [0.2, 0.25) is 0 Å². The highest BCUT2D eigenvalue weighted by Crippen LogP contribution is 2.45. The van der Waals surface area contributed by atoms with Crippen molar-refractivity contribution >= 4 is 11.8 Å². The van der Waals surface area contributed by atoms with Crippen LogP contribution in [-0.2, 0) is 16.1 Å². The van der Waals surface area contributed by atoms with E-state index in [4.69, 9.17) is 0 Å². The van der Waals surface area contributed by atoms with Crippen molar-refractivity contribution in [2.75, 3.05) is 32.8 Å². The highest BCUT2D eigenvalue weighted by molar-refractivity contribution is 5.76. The van der Waals surface area contributed by atoms with Gasteiger partial charge in [-0.25, -0.2) is 0 Å². The lowest BCUT2D eigenvalue weighted by atomic mass is 9.64. The largest absolute Gasteiger partial charge is 0.396 e. The number of aliphatic hydroxyl groups excluding tert-OH is 1. The molecule has 1 atom stereocenters. The van der Waals surface area contributed by atoms with Crippen molar-refractivity contribution in [2.24, 2.45) is 11.3 Å². The average Bonchev–Trinajstić information content (AvgIpc) is 3.14. The van der Waals surface area contributed by atoms with Gasteiger partial charge in [0.1, 0.15) is 0 Å². The normalized spacial score (nSPS) is 23.0. The van der Waals surface area contributed by atoms with Gasteiger partial charge in [-0.1, -0.05) is 0 Å². The molecule has 0 saturated carbocycles. The molecule has 0 aliphatic carbocycles. The SMILES string of the molecule is CC(=O)N1CCC2(CCN(C(=O)CCn3cccn3)CC2)C(CO)C1. The van der Waals surface area contributed by atoms with Crippen molar-refractivity contribution in [1.82, 2.24) is 19.6 Å². The molecule has 1 unspecified atom stereocenters. The van der Waals surface area contributed by atoms with E-state index in [0.717, 1.165) is 38.9 Å². The van der Waals surface area contributed by atoms with Crippen LogP contribution in [0.25, 0.3) is 0 Å². The van der Waals surface area contributed by atoms with Gasteiger partial charge in [0, 0.05) is 71.0 Å². The quantitative estimate of drug-likeness (QED) is 0.871. The minimum atomic E-state index is 0.0689. The lowest BCUT2D eigenvalue weighted by molar-refractivity contribution is -0.139. The Morgan fingerprint density at radius 2 is 1.88 bits per heavy atom. The molecule has 25 heavy (non-hydrogen) atoms. The maximum absolute atomic E-state index is 12.4. The van der Waals surface area contributed by atoms with E-state index in [1.165, 1.54) is 0 Å². The molecule has 2 amide bonds. The fraction of sp³-hybridized carbons (Fsp3) is 0.722. The monoisotopic (exact) mass is 348 g/mol. The van der Waals surface area contributed by atoms with Crippen molar-refractivity contribution in [3.63, 3.8) is 0 Å². The third-order valence-electron chi connectivity index (χ3n) is 6.08. The van der Waals surface area contributed by atoms with Gasteiger partial charge in [-0.3, -0.25) is 14.3 Å². The first-order valence-corrected chi connectivity index (χ1v) is 9.16. The van der Waals surface area contributed by atoms with Crippen molar-refractivity contribution < 1.29 is 14.7 Å². The van der Waals surface area contributed by atoms with Gasteiger partial charge in [0.15, 0.2) is 0 Å². The van der Waals surface area contributed by atoms with Gasteiger partial charge >= 0.3 is 0 Å². The number of aromatic nitrogens is 2. The highest BCUT2D eigenvalue weighted by Gasteiger charge is 2.45. The molecule has 2 saturated heterocycles. The zero-order chi connectivity index (χ0) is 17.9. The molecule has 7 heteroatoms. The number of carbonyl (C=O) groups excluding carboxylic acids is 2. The van der Waals surface area contributed by atoms with Crippen LogP contribution in [0, 0.1) is 11.3 Å². The molecule has 3 heterocycles. The van der Waals surface area contributed by atoms with Crippen molar-refractivity contribution in [3.8, 4) is 0 Å². The van der Waals surface area contributed by atoms with Crippen LogP contribution < -0.4 is 0 Å². The van der Waals surface area contributed by atoms with E-state index < -0.39 is 0 Å². The van der Waals surface area contributed by atoms with Gasteiger partial charge < -0.3 is 14.9 Å². The molecular weight excluding hydrogens is 320 g/mol. The Kier molecular flexibility index (Phi) is 5.42. The zero-order valence-electron chi connectivity index (χ0n) is 14.9. The van der Waals surface area contributed by atoms with Crippen molar-refractivity contribution in [1.29, 1.82) is 0 Å². The molecule has 0 aromatic carbocycles. The van der Waals surface area contributed by atoms with E-state index in [9.17, 15) is 14.7 Å². The standard InChI is InChI=1S/C18H28N4O3/c1-15(24)21-12-6-18(16(13-21)14-23)4-10-20(11-5-18)17(25)3-9-22-8-2-7-19-22/h2,7-8,16,23H,3-6,9-14H2,1H3. The third kappa shape index (κ3) is 3.86. The number of piperidine rings is 2. The van der Waals surface area contributed by atoms with Crippen molar-refractivity contribution in [2.45, 2.75) is 39.2 Å². The highest BCUT2D eigenvalue weighted by atomic mass is 16.3. The molecule has 0 radical (unpaired) electrons. The number of hydrogen-bond donors (Lipinski definition) is 1. The first-order chi connectivity index (χ1) is 12.0. The molecular formula is C18H28N4O3. The Morgan fingerprint density at radius 1 is 1.20 bits per heavy atom. The molecule has 1 spiro atoms.